The van der Waals surface area contributed by atoms with Crippen LogP contribution in [0.1, 0.15) is 25.7 Å². The second-order valence-electron chi connectivity index (χ2n) is 7.21. The number of halogens is 1. The normalized spacial score (nSPS) is 20.9. The second kappa shape index (κ2) is 7.92. The van der Waals surface area contributed by atoms with Crippen LogP contribution in [-0.2, 0) is 14.8 Å². The monoisotopic (exact) mass is 395 g/mol. The van der Waals surface area contributed by atoms with E-state index in [1.165, 1.54) is 22.5 Å². The number of nitrogens with zero attached hydrogens (tertiary/aromatic N) is 2. The lowest BCUT2D eigenvalue weighted by Crippen LogP contribution is -3.16. The van der Waals surface area contributed by atoms with E-state index in [1.807, 2.05) is 0 Å². The van der Waals surface area contributed by atoms with Crippen molar-refractivity contribution < 1.29 is 22.5 Å². The lowest BCUT2D eigenvalue weighted by molar-refractivity contribution is -0.895. The number of benzene rings is 1. The summed E-state index contributed by atoms with van der Waals surface area (Å²) in [5.41, 5.74) is -0.744. The Morgan fingerprint density at radius 1 is 1.26 bits per heavy atom. The zero-order valence-corrected chi connectivity index (χ0v) is 15.9. The van der Waals surface area contributed by atoms with E-state index in [1.54, 1.807) is 0 Å². The molecule has 0 unspecified atom stereocenters. The highest BCUT2D eigenvalue weighted by molar-refractivity contribution is 7.89. The van der Waals surface area contributed by atoms with Crippen molar-refractivity contribution in [1.29, 1.82) is 5.26 Å². The minimum atomic E-state index is -3.88. The predicted molar refractivity (Wildman–Crippen MR) is 95.7 cm³/mol. The van der Waals surface area contributed by atoms with Gasteiger partial charge in [-0.1, -0.05) is 12.1 Å². The molecule has 146 valence electrons. The van der Waals surface area contributed by atoms with Crippen molar-refractivity contribution in [2.75, 3.05) is 32.7 Å². The Kier molecular flexibility index (Phi) is 5.79. The molecule has 9 heteroatoms. The van der Waals surface area contributed by atoms with E-state index in [4.69, 9.17) is 0 Å². The van der Waals surface area contributed by atoms with Crippen LogP contribution < -0.4 is 10.2 Å². The van der Waals surface area contributed by atoms with E-state index in [0.29, 0.717) is 25.9 Å². The number of nitriles is 1. The number of piperazine rings is 1. The Labute approximate surface area is 158 Å². The molecule has 1 saturated carbocycles. The van der Waals surface area contributed by atoms with Crippen LogP contribution in [0.2, 0.25) is 0 Å². The first kappa shape index (κ1) is 19.7. The van der Waals surface area contributed by atoms with Gasteiger partial charge < -0.3 is 10.2 Å². The lowest BCUT2D eigenvalue weighted by Gasteiger charge is -2.32. The Bertz CT molecular complexity index is 838. The minimum Gasteiger partial charge on any atom is -0.333 e. The van der Waals surface area contributed by atoms with E-state index in [2.05, 4.69) is 11.4 Å². The number of amides is 1. The number of nitrogens with one attached hydrogen (secondary N) is 2. The third-order valence-electron chi connectivity index (χ3n) is 5.34. The number of hydrogen-bond acceptors (Lipinski definition) is 4. The molecule has 1 aromatic rings. The topological polar surface area (TPSA) is 94.7 Å². The number of sulfonamides is 1. The molecule has 1 aromatic carbocycles. The van der Waals surface area contributed by atoms with Crippen molar-refractivity contribution in [3.05, 3.63) is 30.1 Å². The molecule has 2 aliphatic rings. The van der Waals surface area contributed by atoms with Crippen LogP contribution in [0.3, 0.4) is 0 Å². The van der Waals surface area contributed by atoms with Crippen LogP contribution in [0.4, 0.5) is 4.39 Å². The fourth-order valence-electron chi connectivity index (χ4n) is 3.79. The van der Waals surface area contributed by atoms with Crippen LogP contribution in [0.15, 0.2) is 29.2 Å². The van der Waals surface area contributed by atoms with Crippen molar-refractivity contribution in [3.8, 4) is 6.07 Å². The first-order valence-electron chi connectivity index (χ1n) is 9.17. The van der Waals surface area contributed by atoms with Gasteiger partial charge in [0.05, 0.1) is 32.2 Å². The summed E-state index contributed by atoms with van der Waals surface area (Å²) >= 11 is 0. The van der Waals surface area contributed by atoms with Crippen LogP contribution in [-0.4, -0.2) is 56.9 Å². The molecule has 0 bridgehead atoms. The summed E-state index contributed by atoms with van der Waals surface area (Å²) in [6.07, 6.45) is 3.24. The summed E-state index contributed by atoms with van der Waals surface area (Å²) in [5, 5.41) is 12.2. The summed E-state index contributed by atoms with van der Waals surface area (Å²) < 4.78 is 40.3. The molecule has 1 heterocycles. The summed E-state index contributed by atoms with van der Waals surface area (Å²) in [4.78, 5) is 13.0. The number of hydrogen-bond donors (Lipinski definition) is 2. The molecule has 0 radical (unpaired) electrons. The number of carbonyl (C=O) groups excluding carboxylic acids is 1. The predicted octanol–water partition coefficient (Wildman–Crippen LogP) is -0.333. The van der Waals surface area contributed by atoms with Gasteiger partial charge in [-0.2, -0.15) is 9.57 Å². The van der Waals surface area contributed by atoms with Gasteiger partial charge in [0, 0.05) is 0 Å². The van der Waals surface area contributed by atoms with Gasteiger partial charge in [-0.05, 0) is 37.8 Å². The van der Waals surface area contributed by atoms with Crippen LogP contribution in [0.5, 0.6) is 0 Å². The first-order chi connectivity index (χ1) is 12.9. The summed E-state index contributed by atoms with van der Waals surface area (Å²) in [6.45, 7) is 1.57. The SMILES string of the molecule is N#CC1(NC(=O)C[NH+]2CCN(S(=O)(=O)c3ccccc3F)CC2)CCCC1. The maximum Gasteiger partial charge on any atom is 0.276 e. The molecule has 2 fully saturated rings. The average molecular weight is 395 g/mol. The fraction of sp³-hybridized carbons (Fsp3) is 0.556. The van der Waals surface area contributed by atoms with Gasteiger partial charge in [0.25, 0.3) is 5.91 Å². The molecule has 1 aliphatic carbocycles. The van der Waals surface area contributed by atoms with Gasteiger partial charge >= 0.3 is 0 Å². The fourth-order valence-corrected chi connectivity index (χ4v) is 5.30. The third kappa shape index (κ3) is 4.29. The van der Waals surface area contributed by atoms with E-state index in [-0.39, 0.29) is 30.4 Å². The van der Waals surface area contributed by atoms with Crippen molar-refractivity contribution in [3.63, 3.8) is 0 Å². The molecule has 0 aromatic heterocycles. The third-order valence-corrected chi connectivity index (χ3v) is 7.28. The zero-order valence-electron chi connectivity index (χ0n) is 15.1. The Morgan fingerprint density at radius 3 is 2.48 bits per heavy atom. The Hall–Kier alpha value is -2.02. The molecule has 1 saturated heterocycles. The molecule has 0 spiro atoms. The van der Waals surface area contributed by atoms with Gasteiger partial charge in [0.15, 0.2) is 6.54 Å². The number of carbonyl (C=O) groups is 1. The molecule has 0 atom stereocenters. The van der Waals surface area contributed by atoms with E-state index < -0.39 is 21.4 Å². The van der Waals surface area contributed by atoms with Gasteiger partial charge in [-0.15, -0.1) is 0 Å². The van der Waals surface area contributed by atoms with Crippen molar-refractivity contribution in [1.82, 2.24) is 9.62 Å². The molecule has 7 nitrogen and oxygen atoms in total. The van der Waals surface area contributed by atoms with Gasteiger partial charge in [-0.3, -0.25) is 4.79 Å². The molecule has 3 rings (SSSR count). The van der Waals surface area contributed by atoms with E-state index >= 15 is 0 Å². The molecule has 1 aliphatic heterocycles. The quantitative estimate of drug-likeness (QED) is 0.714. The smallest absolute Gasteiger partial charge is 0.276 e. The standard InChI is InChI=1S/C18H23FN4O3S/c19-15-5-1-2-6-16(15)27(25,26)23-11-9-22(10-12-23)13-17(24)21-18(14-20)7-3-4-8-18/h1-2,5-6H,3-4,7-13H2,(H,21,24)/p+1. The number of quaternary nitrogens is 1. The van der Waals surface area contributed by atoms with E-state index in [9.17, 15) is 22.9 Å². The Balaban J connectivity index is 1.55. The molecular formula is C18H24FN4O3S+. The van der Waals surface area contributed by atoms with Crippen molar-refractivity contribution >= 4 is 15.9 Å². The van der Waals surface area contributed by atoms with Gasteiger partial charge in [0.1, 0.15) is 16.3 Å². The zero-order chi connectivity index (χ0) is 19.5. The summed E-state index contributed by atoms with van der Waals surface area (Å²) in [6, 6.07) is 7.58. The van der Waals surface area contributed by atoms with Crippen molar-refractivity contribution in [2.45, 2.75) is 36.1 Å². The Morgan fingerprint density at radius 2 is 1.89 bits per heavy atom. The highest BCUT2D eigenvalue weighted by atomic mass is 32.2. The molecule has 2 N–H and O–H groups in total. The second-order valence-corrected chi connectivity index (χ2v) is 9.12. The van der Waals surface area contributed by atoms with Crippen LogP contribution in [0.25, 0.3) is 0 Å². The first-order valence-corrected chi connectivity index (χ1v) is 10.6. The highest BCUT2D eigenvalue weighted by Crippen LogP contribution is 2.28. The molecule has 27 heavy (non-hydrogen) atoms. The average Bonchev–Trinajstić information content (AvgIpc) is 3.11. The minimum absolute atomic E-state index is 0.182. The van der Waals surface area contributed by atoms with Crippen LogP contribution in [0, 0.1) is 17.1 Å². The largest absolute Gasteiger partial charge is 0.333 e. The lowest BCUT2D eigenvalue weighted by atomic mass is 10.00. The van der Waals surface area contributed by atoms with Gasteiger partial charge in [0.2, 0.25) is 10.0 Å². The summed E-state index contributed by atoms with van der Waals surface area (Å²) in [7, 11) is -3.88. The molecular weight excluding hydrogens is 371 g/mol. The maximum absolute atomic E-state index is 13.9. The maximum atomic E-state index is 13.9. The van der Waals surface area contributed by atoms with Crippen LogP contribution >= 0.6 is 0 Å². The van der Waals surface area contributed by atoms with Crippen molar-refractivity contribution in [2.24, 2.45) is 0 Å². The highest BCUT2D eigenvalue weighted by Gasteiger charge is 2.37. The van der Waals surface area contributed by atoms with Gasteiger partial charge in [-0.25, -0.2) is 12.8 Å². The number of rotatable bonds is 5. The molecule has 1 amide bonds. The summed E-state index contributed by atoms with van der Waals surface area (Å²) in [5.74, 6) is -0.941. The van der Waals surface area contributed by atoms with E-state index in [0.717, 1.165) is 23.8 Å².